The van der Waals surface area contributed by atoms with Crippen LogP contribution in [0.3, 0.4) is 0 Å². The van der Waals surface area contributed by atoms with Crippen LogP contribution in [0.25, 0.3) is 0 Å². The quantitative estimate of drug-likeness (QED) is 0.467. The van der Waals surface area contributed by atoms with Gasteiger partial charge >= 0.3 is 18.5 Å². The number of fused-ring (bicyclic) bond motifs is 2. The number of benzene rings is 1. The first kappa shape index (κ1) is 25.1. The molecule has 16 heteroatoms. The fourth-order valence-electron chi connectivity index (χ4n) is 4.90. The number of piperidine rings is 1. The number of nitrogens with zero attached hydrogens (tertiary/aromatic N) is 6. The minimum absolute atomic E-state index is 0.0420. The molecule has 1 aliphatic carbocycles. The second-order valence-corrected chi connectivity index (χ2v) is 8.93. The van der Waals surface area contributed by atoms with Crippen LogP contribution in [-0.2, 0) is 6.54 Å². The van der Waals surface area contributed by atoms with Gasteiger partial charge in [-0.2, -0.15) is 18.2 Å². The monoisotopic (exact) mass is 533 g/mol. The van der Waals surface area contributed by atoms with Crippen molar-refractivity contribution in [1.29, 1.82) is 0 Å². The molecule has 1 aliphatic heterocycles. The molecule has 2 N–H and O–H groups in total. The molecule has 4 unspecified atom stereocenters. The summed E-state index contributed by atoms with van der Waals surface area (Å²) in [6, 6.07) is 3.02. The van der Waals surface area contributed by atoms with E-state index in [0.29, 0.717) is 17.1 Å². The number of ether oxygens (including phenoxy) is 2. The molecule has 2 fully saturated rings. The number of alkyl halides is 6. The van der Waals surface area contributed by atoms with Crippen LogP contribution in [0.1, 0.15) is 30.7 Å². The van der Waals surface area contributed by atoms with Gasteiger partial charge in [-0.3, -0.25) is 0 Å². The summed E-state index contributed by atoms with van der Waals surface area (Å²) in [5, 5.41) is 12.0. The average molecular weight is 533 g/mol. The van der Waals surface area contributed by atoms with Crippen LogP contribution in [0, 0.1) is 18.8 Å². The predicted molar refractivity (Wildman–Crippen MR) is 113 cm³/mol. The molecule has 4 atom stereocenters. The normalized spacial score (nSPS) is 23.9. The van der Waals surface area contributed by atoms with Crippen molar-refractivity contribution in [2.75, 3.05) is 11.4 Å². The average Bonchev–Trinajstić information content (AvgIpc) is 3.42. The molecule has 0 spiro atoms. The van der Waals surface area contributed by atoms with Gasteiger partial charge in [0.15, 0.2) is 0 Å². The van der Waals surface area contributed by atoms with Crippen LogP contribution in [0.5, 0.6) is 17.5 Å². The Kier molecular flexibility index (Phi) is 6.16. The van der Waals surface area contributed by atoms with Crippen molar-refractivity contribution in [3.8, 4) is 17.5 Å². The molecule has 0 radical (unpaired) electrons. The Bertz CT molecular complexity index is 1260. The lowest BCUT2D eigenvalue weighted by atomic mass is 9.86. The molecule has 0 amide bonds. The standard InChI is InChI=1S/C21H21F6N7O3/c1-10-30-31-17(35-10)16-14-6-5-11(15(14)28)8-33(16)18-29-19(34(32-18)9-20(22,23)24)36-12-3-2-4-13(7-12)37-21(25,26)27/h2-4,7,11,14-16H,5-6,8-9,28H2,1H3. The Morgan fingerprint density at radius 1 is 1.11 bits per heavy atom. The summed E-state index contributed by atoms with van der Waals surface area (Å²) in [4.78, 5) is 5.85. The van der Waals surface area contributed by atoms with Crippen LogP contribution < -0.4 is 20.1 Å². The molecule has 1 saturated carbocycles. The minimum atomic E-state index is -4.96. The molecule has 3 aromatic rings. The summed E-state index contributed by atoms with van der Waals surface area (Å²) in [5.74, 6) is -0.468. The van der Waals surface area contributed by atoms with Gasteiger partial charge in [0.25, 0.3) is 0 Å². The molecular weight excluding hydrogens is 512 g/mol. The Morgan fingerprint density at radius 3 is 2.54 bits per heavy atom. The highest BCUT2D eigenvalue weighted by Gasteiger charge is 2.50. The maximum Gasteiger partial charge on any atom is 0.573 e. The number of halogens is 6. The third kappa shape index (κ3) is 5.42. The van der Waals surface area contributed by atoms with Gasteiger partial charge in [-0.1, -0.05) is 6.07 Å². The van der Waals surface area contributed by atoms with Gasteiger partial charge in [0.1, 0.15) is 24.1 Å². The molecule has 2 aliphatic rings. The van der Waals surface area contributed by atoms with Crippen molar-refractivity contribution in [2.45, 2.75) is 50.9 Å². The molecule has 10 nitrogen and oxygen atoms in total. The van der Waals surface area contributed by atoms with Crippen molar-refractivity contribution in [2.24, 2.45) is 17.6 Å². The number of aromatic nitrogens is 5. The lowest BCUT2D eigenvalue weighted by molar-refractivity contribution is -0.274. The van der Waals surface area contributed by atoms with Crippen LogP contribution in [0.2, 0.25) is 0 Å². The SMILES string of the molecule is Cc1nnc(C2C3CCC(CN2c2nc(Oc4cccc(OC(F)(F)F)c4)n(CC(F)(F)F)n2)C3N)o1. The van der Waals surface area contributed by atoms with E-state index in [0.717, 1.165) is 25.0 Å². The minimum Gasteiger partial charge on any atom is -0.424 e. The summed E-state index contributed by atoms with van der Waals surface area (Å²) in [6.45, 7) is 0.396. The highest BCUT2D eigenvalue weighted by Crippen LogP contribution is 2.48. The van der Waals surface area contributed by atoms with E-state index in [2.05, 4.69) is 25.0 Å². The first-order valence-corrected chi connectivity index (χ1v) is 11.2. The second kappa shape index (κ2) is 9.08. The summed E-state index contributed by atoms with van der Waals surface area (Å²) in [6.07, 6.45) is -8.10. The topological polar surface area (TPSA) is 117 Å². The van der Waals surface area contributed by atoms with Crippen LogP contribution >= 0.6 is 0 Å². The number of aryl methyl sites for hydroxylation is 1. The van der Waals surface area contributed by atoms with Crippen LogP contribution in [0.15, 0.2) is 28.7 Å². The molecule has 200 valence electrons. The largest absolute Gasteiger partial charge is 0.573 e. The molecule has 3 heterocycles. The summed E-state index contributed by atoms with van der Waals surface area (Å²) < 4.78 is 93.2. The maximum atomic E-state index is 13.3. The third-order valence-corrected chi connectivity index (χ3v) is 6.34. The third-order valence-electron chi connectivity index (χ3n) is 6.34. The Balaban J connectivity index is 1.50. The smallest absolute Gasteiger partial charge is 0.424 e. The first-order chi connectivity index (χ1) is 17.4. The molecular formula is C21H21F6N7O3. The van der Waals surface area contributed by atoms with Gasteiger partial charge in [0, 0.05) is 31.5 Å². The van der Waals surface area contributed by atoms with Gasteiger partial charge in [0.2, 0.25) is 17.7 Å². The van der Waals surface area contributed by atoms with Crippen molar-refractivity contribution in [3.63, 3.8) is 0 Å². The van der Waals surface area contributed by atoms with Gasteiger partial charge in [-0.05, 0) is 30.9 Å². The molecule has 2 bridgehead atoms. The van der Waals surface area contributed by atoms with Gasteiger partial charge in [0.05, 0.1) is 0 Å². The molecule has 5 rings (SSSR count). The summed E-state index contributed by atoms with van der Waals surface area (Å²) in [7, 11) is 0. The van der Waals surface area contributed by atoms with Gasteiger partial charge in [-0.15, -0.1) is 28.5 Å². The van der Waals surface area contributed by atoms with Crippen molar-refractivity contribution in [3.05, 3.63) is 36.0 Å². The van der Waals surface area contributed by atoms with Crippen molar-refractivity contribution in [1.82, 2.24) is 25.0 Å². The molecule has 2 aromatic heterocycles. The Labute approximate surface area is 205 Å². The lowest BCUT2D eigenvalue weighted by Crippen LogP contribution is -2.51. The number of hydrogen-bond acceptors (Lipinski definition) is 9. The van der Waals surface area contributed by atoms with Gasteiger partial charge < -0.3 is 24.5 Å². The zero-order chi connectivity index (χ0) is 26.5. The van der Waals surface area contributed by atoms with Crippen molar-refractivity contribution >= 4 is 5.95 Å². The first-order valence-electron chi connectivity index (χ1n) is 11.2. The molecule has 1 saturated heterocycles. The zero-order valence-corrected chi connectivity index (χ0v) is 19.2. The van der Waals surface area contributed by atoms with E-state index in [9.17, 15) is 26.3 Å². The van der Waals surface area contributed by atoms with Crippen LogP contribution in [0.4, 0.5) is 32.3 Å². The Morgan fingerprint density at radius 2 is 1.86 bits per heavy atom. The van der Waals surface area contributed by atoms with E-state index in [1.807, 2.05) is 0 Å². The highest BCUT2D eigenvalue weighted by atomic mass is 19.4. The number of nitrogens with two attached hydrogens (primary N) is 1. The molecule has 1 aromatic carbocycles. The number of hydrogen-bond donors (Lipinski definition) is 1. The van der Waals surface area contributed by atoms with E-state index < -0.39 is 36.9 Å². The van der Waals surface area contributed by atoms with E-state index in [1.54, 1.807) is 11.8 Å². The fraction of sp³-hybridized carbons (Fsp3) is 0.524. The fourth-order valence-corrected chi connectivity index (χ4v) is 4.90. The lowest BCUT2D eigenvalue weighted by Gasteiger charge is -2.41. The number of anilines is 1. The predicted octanol–water partition coefficient (Wildman–Crippen LogP) is 4.14. The maximum absolute atomic E-state index is 13.3. The van der Waals surface area contributed by atoms with Crippen molar-refractivity contribution < 1.29 is 40.2 Å². The van der Waals surface area contributed by atoms with E-state index in [4.69, 9.17) is 14.9 Å². The summed E-state index contributed by atoms with van der Waals surface area (Å²) >= 11 is 0. The van der Waals surface area contributed by atoms with Crippen LogP contribution in [-0.4, -0.2) is 50.1 Å². The zero-order valence-electron chi connectivity index (χ0n) is 19.2. The second-order valence-electron chi connectivity index (χ2n) is 8.93. The number of rotatable bonds is 6. The molecule has 37 heavy (non-hydrogen) atoms. The van der Waals surface area contributed by atoms with E-state index >= 15 is 0 Å². The Hall–Kier alpha value is -3.56. The van der Waals surface area contributed by atoms with E-state index in [-0.39, 0.29) is 35.5 Å². The van der Waals surface area contributed by atoms with E-state index in [1.165, 1.54) is 12.1 Å². The highest BCUT2D eigenvalue weighted by molar-refractivity contribution is 5.39. The van der Waals surface area contributed by atoms with Gasteiger partial charge in [-0.25, -0.2) is 4.68 Å². The summed E-state index contributed by atoms with van der Waals surface area (Å²) in [5.41, 5.74) is 6.41.